The van der Waals surface area contributed by atoms with Gasteiger partial charge in [0.15, 0.2) is 6.10 Å². The molecule has 1 heterocycles. The van der Waals surface area contributed by atoms with Crippen LogP contribution in [0.2, 0.25) is 0 Å². The van der Waals surface area contributed by atoms with E-state index in [0.29, 0.717) is 64.8 Å². The largest absolute Gasteiger partial charge is 0.496 e. The van der Waals surface area contributed by atoms with E-state index in [0.717, 1.165) is 42.6 Å². The summed E-state index contributed by atoms with van der Waals surface area (Å²) < 4.78 is 33.5. The Morgan fingerprint density at radius 1 is 0.900 bits per heavy atom. The summed E-state index contributed by atoms with van der Waals surface area (Å²) >= 11 is 4.44. The number of carbonyl (C=O) groups excluding carboxylic acids is 4. The second-order valence-corrected chi connectivity index (χ2v) is 21.2. The number of methoxy groups -OCH3 is 1. The lowest BCUT2D eigenvalue weighted by Crippen LogP contribution is -2.51. The molecule has 17 heteroatoms. The molecule has 0 radical (unpaired) electrons. The molecule has 5 atom stereocenters. The SMILES string of the molecule is COc1ccc(C[C@@H](NC(=O)/C=C/CC[C@H](C)C2OC2c2ccc(CN(C)CCOCCOCCOCCNC(=O)CCC(C)(C)S)cc2)C(=O)NCC(C)(C)C(=O)O[C@@H](CC(C)C)C(=O)O)cc1C. The van der Waals surface area contributed by atoms with Crippen LogP contribution >= 0.6 is 12.6 Å². The van der Waals surface area contributed by atoms with Crippen LogP contribution in [0.3, 0.4) is 0 Å². The van der Waals surface area contributed by atoms with Crippen molar-refractivity contribution in [3.8, 4) is 5.75 Å². The highest BCUT2D eigenvalue weighted by Crippen LogP contribution is 2.44. The standard InChI is InChI=1S/C53H82N4O12S/c1-36(2)31-44(50(61)62)68-51(63)52(5,6)35-55-49(60)42(33-40-17-20-43(64-10)38(4)32-40)56-46(59)14-12-11-13-37(3)47-48(69-47)41-18-15-39(16-19-41)34-57(9)24-26-66-28-30-67-29-27-65-25-23-54-45(58)21-22-53(7,8)70/h12,14-20,32,36-37,42,44,47-48,70H,11,13,21-31,33-35H2,1-10H3,(H,54,58)(H,55,60)(H,56,59)(H,61,62)/b14-12+/t37-,42+,44-,47?,48?/m0/s1. The molecule has 3 amide bonds. The number of likely N-dealkylation sites (N-methyl/N-ethyl adjacent to an activating group) is 1. The first-order chi connectivity index (χ1) is 33.1. The number of carboxylic acids is 1. The number of carbonyl (C=O) groups is 5. The van der Waals surface area contributed by atoms with Crippen molar-refractivity contribution in [2.24, 2.45) is 17.3 Å². The number of nitrogens with one attached hydrogen (secondary N) is 3. The number of esters is 1. The summed E-state index contributed by atoms with van der Waals surface area (Å²) in [6.45, 7) is 19.7. The summed E-state index contributed by atoms with van der Waals surface area (Å²) in [4.78, 5) is 65.7. The van der Waals surface area contributed by atoms with E-state index < -0.39 is 41.3 Å². The molecule has 3 rings (SSSR count). The van der Waals surface area contributed by atoms with Gasteiger partial charge in [0.1, 0.15) is 17.9 Å². The van der Waals surface area contributed by atoms with E-state index >= 15 is 0 Å². The van der Waals surface area contributed by atoms with Crippen LogP contribution < -0.4 is 20.7 Å². The van der Waals surface area contributed by atoms with Crippen LogP contribution in [0.1, 0.15) is 109 Å². The third-order valence-corrected chi connectivity index (χ3v) is 12.0. The van der Waals surface area contributed by atoms with Crippen LogP contribution in [-0.2, 0) is 60.6 Å². The normalized spacial score (nSPS) is 16.2. The number of aryl methyl sites for hydroxylation is 1. The van der Waals surface area contributed by atoms with Crippen molar-refractivity contribution in [3.63, 3.8) is 0 Å². The molecule has 1 aliphatic heterocycles. The van der Waals surface area contributed by atoms with Crippen molar-refractivity contribution in [3.05, 3.63) is 76.9 Å². The molecule has 392 valence electrons. The molecule has 0 saturated carbocycles. The van der Waals surface area contributed by atoms with E-state index in [9.17, 15) is 29.1 Å². The zero-order valence-corrected chi connectivity index (χ0v) is 44.2. The molecule has 2 aromatic carbocycles. The monoisotopic (exact) mass is 999 g/mol. The number of epoxide rings is 1. The fraction of sp³-hybridized carbons (Fsp3) is 0.642. The van der Waals surface area contributed by atoms with Crippen molar-refractivity contribution in [1.29, 1.82) is 0 Å². The molecule has 1 aliphatic rings. The lowest BCUT2D eigenvalue weighted by molar-refractivity contribution is -0.171. The first-order valence-electron chi connectivity index (χ1n) is 24.6. The lowest BCUT2D eigenvalue weighted by Gasteiger charge is -2.27. The second kappa shape index (κ2) is 30.4. The molecule has 4 N–H and O–H groups in total. The Hall–Kier alpha value is -4.52. The van der Waals surface area contributed by atoms with Gasteiger partial charge in [0, 0.05) is 43.8 Å². The maximum Gasteiger partial charge on any atom is 0.345 e. The third-order valence-electron chi connectivity index (χ3n) is 11.8. The molecule has 2 aromatic rings. The van der Waals surface area contributed by atoms with Gasteiger partial charge in [-0.15, -0.1) is 0 Å². The molecular formula is C53H82N4O12S. The molecular weight excluding hydrogens is 917 g/mol. The van der Waals surface area contributed by atoms with Crippen molar-refractivity contribution in [2.45, 2.75) is 130 Å². The molecule has 0 bridgehead atoms. The predicted octanol–water partition coefficient (Wildman–Crippen LogP) is 6.41. The number of thiol groups is 1. The molecule has 0 aromatic heterocycles. The number of ether oxygens (including phenoxy) is 6. The lowest BCUT2D eigenvalue weighted by atomic mass is 9.93. The number of amides is 3. The van der Waals surface area contributed by atoms with Gasteiger partial charge in [-0.1, -0.05) is 77.1 Å². The Kier molecular flexibility index (Phi) is 25.9. The minimum absolute atomic E-state index is 0.00820. The van der Waals surface area contributed by atoms with Crippen molar-refractivity contribution in [2.75, 3.05) is 73.4 Å². The topological polar surface area (TPSA) is 204 Å². The number of hydrogen-bond donors (Lipinski definition) is 5. The van der Waals surface area contributed by atoms with E-state index in [2.05, 4.69) is 71.7 Å². The maximum atomic E-state index is 13.6. The first kappa shape index (κ1) is 59.8. The van der Waals surface area contributed by atoms with Crippen molar-refractivity contribution in [1.82, 2.24) is 20.9 Å². The number of benzene rings is 2. The minimum Gasteiger partial charge on any atom is -0.496 e. The van der Waals surface area contributed by atoms with Gasteiger partial charge in [-0.2, -0.15) is 12.6 Å². The van der Waals surface area contributed by atoms with Gasteiger partial charge in [-0.05, 0) is 99.7 Å². The average Bonchev–Trinajstić information content (AvgIpc) is 4.10. The van der Waals surface area contributed by atoms with Crippen LogP contribution in [0, 0.1) is 24.2 Å². The highest BCUT2D eigenvalue weighted by atomic mass is 32.1. The maximum absolute atomic E-state index is 13.6. The van der Waals surface area contributed by atoms with Crippen LogP contribution in [0.25, 0.3) is 0 Å². The number of allylic oxidation sites excluding steroid dienone is 1. The first-order valence-corrected chi connectivity index (χ1v) is 25.0. The molecule has 16 nitrogen and oxygen atoms in total. The number of hydrogen-bond acceptors (Lipinski definition) is 13. The van der Waals surface area contributed by atoms with E-state index in [1.807, 2.05) is 46.8 Å². The summed E-state index contributed by atoms with van der Waals surface area (Å²) in [7, 11) is 3.64. The van der Waals surface area contributed by atoms with Crippen LogP contribution in [0.15, 0.2) is 54.6 Å². The van der Waals surface area contributed by atoms with E-state index in [4.69, 9.17) is 28.4 Å². The number of rotatable bonds is 35. The van der Waals surface area contributed by atoms with Gasteiger partial charge in [0.05, 0.1) is 58.3 Å². The van der Waals surface area contributed by atoms with Crippen molar-refractivity contribution >= 4 is 42.3 Å². The van der Waals surface area contributed by atoms with Crippen LogP contribution in [-0.4, -0.2) is 136 Å². The van der Waals surface area contributed by atoms with Gasteiger partial charge in [0.2, 0.25) is 17.7 Å². The van der Waals surface area contributed by atoms with Gasteiger partial charge in [-0.3, -0.25) is 24.1 Å². The highest BCUT2D eigenvalue weighted by molar-refractivity contribution is 7.81. The molecule has 2 unspecified atom stereocenters. The Labute approximate surface area is 422 Å². The fourth-order valence-electron chi connectivity index (χ4n) is 7.43. The summed E-state index contributed by atoms with van der Waals surface area (Å²) in [6.07, 6.45) is 4.99. The molecule has 70 heavy (non-hydrogen) atoms. The predicted molar refractivity (Wildman–Crippen MR) is 273 cm³/mol. The van der Waals surface area contributed by atoms with Gasteiger partial charge in [-0.25, -0.2) is 4.79 Å². The average molecular weight is 999 g/mol. The van der Waals surface area contributed by atoms with E-state index in [-0.39, 0.29) is 54.1 Å². The van der Waals surface area contributed by atoms with Crippen molar-refractivity contribution < 1.29 is 57.5 Å². The minimum atomic E-state index is -1.30. The van der Waals surface area contributed by atoms with Gasteiger partial charge >= 0.3 is 11.9 Å². The van der Waals surface area contributed by atoms with Crippen LogP contribution in [0.4, 0.5) is 0 Å². The highest BCUT2D eigenvalue weighted by Gasteiger charge is 2.43. The Balaban J connectivity index is 1.36. The summed E-state index contributed by atoms with van der Waals surface area (Å²) in [5, 5.41) is 18.0. The zero-order chi connectivity index (χ0) is 51.9. The quantitative estimate of drug-likeness (QED) is 0.0167. The Bertz CT molecular complexity index is 1970. The second-order valence-electron chi connectivity index (χ2n) is 20.0. The van der Waals surface area contributed by atoms with Gasteiger partial charge < -0.3 is 49.5 Å². The number of carboxylic acid groups (broad SMARTS) is 1. The van der Waals surface area contributed by atoms with E-state index in [1.54, 1.807) is 33.1 Å². The van der Waals surface area contributed by atoms with Crippen LogP contribution in [0.5, 0.6) is 5.75 Å². The molecule has 0 spiro atoms. The molecule has 1 fully saturated rings. The Morgan fingerprint density at radius 2 is 1.54 bits per heavy atom. The third kappa shape index (κ3) is 23.6. The zero-order valence-electron chi connectivity index (χ0n) is 43.3. The summed E-state index contributed by atoms with van der Waals surface area (Å²) in [5.41, 5.74) is 2.76. The van der Waals surface area contributed by atoms with E-state index in [1.165, 1.54) is 11.6 Å². The molecule has 0 aliphatic carbocycles. The summed E-state index contributed by atoms with van der Waals surface area (Å²) in [5.74, 6) is -1.96. The Morgan fingerprint density at radius 3 is 2.16 bits per heavy atom. The summed E-state index contributed by atoms with van der Waals surface area (Å²) in [6, 6.07) is 13.1. The molecule has 1 saturated heterocycles. The van der Waals surface area contributed by atoms with Gasteiger partial charge in [0.25, 0.3) is 0 Å². The number of aliphatic carboxylic acids is 1. The fourth-order valence-corrected chi connectivity index (χ4v) is 7.54. The number of nitrogens with zero attached hydrogens (tertiary/aromatic N) is 1. The smallest absolute Gasteiger partial charge is 0.345 e.